The van der Waals surface area contributed by atoms with Crippen LogP contribution < -0.4 is 14.9 Å². The Morgan fingerprint density at radius 2 is 1.96 bits per heavy atom. The van der Waals surface area contributed by atoms with Gasteiger partial charge in [-0.2, -0.15) is 0 Å². The number of carbonyl (C=O) groups is 1. The Hall–Kier alpha value is -2.80. The van der Waals surface area contributed by atoms with Crippen LogP contribution in [-0.4, -0.2) is 25.8 Å². The highest BCUT2D eigenvalue weighted by Gasteiger charge is 2.24. The molecule has 0 aliphatic heterocycles. The van der Waals surface area contributed by atoms with Crippen LogP contribution in [0, 0.1) is 0 Å². The molecule has 7 heteroatoms. The molecule has 28 heavy (non-hydrogen) atoms. The molecule has 1 atom stereocenters. The minimum atomic E-state index is -0.968. The van der Waals surface area contributed by atoms with Crippen molar-refractivity contribution in [1.29, 1.82) is 0 Å². The van der Waals surface area contributed by atoms with Crippen LogP contribution in [0.1, 0.15) is 13.8 Å². The third-order valence-electron chi connectivity index (χ3n) is 4.08. The van der Waals surface area contributed by atoms with E-state index in [-0.39, 0.29) is 23.5 Å². The third kappa shape index (κ3) is 3.89. The maximum absolute atomic E-state index is 13.1. The van der Waals surface area contributed by atoms with E-state index in [0.717, 1.165) is 0 Å². The van der Waals surface area contributed by atoms with Crippen LogP contribution in [0.4, 0.5) is 0 Å². The van der Waals surface area contributed by atoms with Gasteiger partial charge in [0.05, 0.1) is 23.6 Å². The standard InChI is InChI=1S/C21H19BrO6/c1-4-26-21(24)12(2)27-20-18(23)14-7-5-6-8-16(14)28-19(20)13-9-10-17(25-3)15(22)11-13/h5-12H,4H2,1-3H3. The molecule has 3 aromatic rings. The van der Waals surface area contributed by atoms with Crippen molar-refractivity contribution in [2.24, 2.45) is 0 Å². The highest BCUT2D eigenvalue weighted by atomic mass is 79.9. The number of para-hydroxylation sites is 1. The molecular weight excluding hydrogens is 428 g/mol. The molecule has 3 rings (SSSR count). The number of hydrogen-bond acceptors (Lipinski definition) is 6. The van der Waals surface area contributed by atoms with Gasteiger partial charge in [-0.15, -0.1) is 0 Å². The molecule has 0 spiro atoms. The molecule has 0 N–H and O–H groups in total. The van der Waals surface area contributed by atoms with Crippen LogP contribution in [0.2, 0.25) is 0 Å². The molecule has 1 aromatic heterocycles. The lowest BCUT2D eigenvalue weighted by Crippen LogP contribution is -2.28. The van der Waals surface area contributed by atoms with Gasteiger partial charge >= 0.3 is 5.97 Å². The monoisotopic (exact) mass is 446 g/mol. The fraction of sp³-hybridized carbons (Fsp3) is 0.238. The van der Waals surface area contributed by atoms with Crippen molar-refractivity contribution in [3.8, 4) is 22.8 Å². The number of halogens is 1. The topological polar surface area (TPSA) is 75.0 Å². The van der Waals surface area contributed by atoms with Gasteiger partial charge in [0.25, 0.3) is 0 Å². The Balaban J connectivity index is 2.18. The van der Waals surface area contributed by atoms with Gasteiger partial charge in [0.1, 0.15) is 11.3 Å². The molecule has 2 aromatic carbocycles. The first kappa shape index (κ1) is 19.9. The highest BCUT2D eigenvalue weighted by molar-refractivity contribution is 9.10. The molecule has 0 radical (unpaired) electrons. The summed E-state index contributed by atoms with van der Waals surface area (Å²) >= 11 is 3.43. The lowest BCUT2D eigenvalue weighted by Gasteiger charge is -2.16. The van der Waals surface area contributed by atoms with Crippen molar-refractivity contribution in [1.82, 2.24) is 0 Å². The van der Waals surface area contributed by atoms with Crippen molar-refractivity contribution in [2.75, 3.05) is 13.7 Å². The summed E-state index contributed by atoms with van der Waals surface area (Å²) in [6.45, 7) is 3.45. The first-order valence-electron chi connectivity index (χ1n) is 8.69. The van der Waals surface area contributed by atoms with Gasteiger partial charge in [0, 0.05) is 5.56 Å². The van der Waals surface area contributed by atoms with Gasteiger partial charge in [0.15, 0.2) is 11.9 Å². The molecule has 0 saturated heterocycles. The molecule has 1 heterocycles. The van der Waals surface area contributed by atoms with E-state index < -0.39 is 12.1 Å². The van der Waals surface area contributed by atoms with Gasteiger partial charge < -0.3 is 18.6 Å². The summed E-state index contributed by atoms with van der Waals surface area (Å²) in [4.78, 5) is 25.1. The lowest BCUT2D eigenvalue weighted by atomic mass is 10.1. The lowest BCUT2D eigenvalue weighted by molar-refractivity contribution is -0.150. The number of carbonyl (C=O) groups excluding carboxylic acids is 1. The summed E-state index contributed by atoms with van der Waals surface area (Å²) in [5, 5.41) is 0.366. The first-order valence-corrected chi connectivity index (χ1v) is 9.48. The van der Waals surface area contributed by atoms with Crippen LogP contribution in [-0.2, 0) is 9.53 Å². The average Bonchev–Trinajstić information content (AvgIpc) is 2.70. The number of rotatable bonds is 6. The largest absolute Gasteiger partial charge is 0.496 e. The van der Waals surface area contributed by atoms with Gasteiger partial charge in [-0.25, -0.2) is 4.79 Å². The molecular formula is C21H19BrO6. The van der Waals surface area contributed by atoms with Crippen LogP contribution in [0.3, 0.4) is 0 Å². The van der Waals surface area contributed by atoms with Crippen LogP contribution in [0.5, 0.6) is 11.5 Å². The molecule has 0 aliphatic rings. The van der Waals surface area contributed by atoms with E-state index in [1.807, 2.05) is 0 Å². The van der Waals surface area contributed by atoms with Crippen molar-refractivity contribution < 1.29 is 23.4 Å². The molecule has 0 bridgehead atoms. The Bertz CT molecular complexity index is 1070. The second-order valence-corrected chi connectivity index (χ2v) is 6.80. The van der Waals surface area contributed by atoms with E-state index >= 15 is 0 Å². The van der Waals surface area contributed by atoms with Crippen LogP contribution in [0.15, 0.2) is 56.1 Å². The molecule has 0 aliphatic carbocycles. The summed E-state index contributed by atoms with van der Waals surface area (Å²) in [5.41, 5.74) is 0.659. The Kier molecular flexibility index (Phi) is 6.04. The Morgan fingerprint density at radius 1 is 1.21 bits per heavy atom. The predicted molar refractivity (Wildman–Crippen MR) is 109 cm³/mol. The van der Waals surface area contributed by atoms with Crippen molar-refractivity contribution >= 4 is 32.9 Å². The molecule has 0 amide bonds. The van der Waals surface area contributed by atoms with Crippen LogP contribution in [0.25, 0.3) is 22.3 Å². The summed E-state index contributed by atoms with van der Waals surface area (Å²) in [6.07, 6.45) is -0.968. The number of hydrogen-bond donors (Lipinski definition) is 0. The second kappa shape index (κ2) is 8.48. The minimum Gasteiger partial charge on any atom is -0.496 e. The van der Waals surface area contributed by atoms with Gasteiger partial charge in [-0.1, -0.05) is 12.1 Å². The van der Waals surface area contributed by atoms with E-state index in [1.54, 1.807) is 56.5 Å². The normalized spacial score (nSPS) is 11.9. The Morgan fingerprint density at radius 3 is 2.64 bits per heavy atom. The number of benzene rings is 2. The second-order valence-electron chi connectivity index (χ2n) is 5.95. The molecule has 0 fully saturated rings. The zero-order chi connectivity index (χ0) is 20.3. The summed E-state index contributed by atoms with van der Waals surface area (Å²) in [5.74, 6) is 0.255. The third-order valence-corrected chi connectivity index (χ3v) is 4.70. The van der Waals surface area contributed by atoms with Crippen molar-refractivity contribution in [2.45, 2.75) is 20.0 Å². The maximum atomic E-state index is 13.1. The molecule has 1 unspecified atom stereocenters. The summed E-state index contributed by atoms with van der Waals surface area (Å²) in [7, 11) is 1.56. The molecule has 6 nitrogen and oxygen atoms in total. The SMILES string of the molecule is CCOC(=O)C(C)Oc1c(-c2ccc(OC)c(Br)c2)oc2ccccc2c1=O. The summed E-state index contributed by atoms with van der Waals surface area (Å²) in [6, 6.07) is 12.1. The van der Waals surface area contributed by atoms with E-state index in [9.17, 15) is 9.59 Å². The number of esters is 1. The van der Waals surface area contributed by atoms with E-state index in [0.29, 0.717) is 26.8 Å². The minimum absolute atomic E-state index is 0.0451. The van der Waals surface area contributed by atoms with Gasteiger partial charge in [-0.05, 0) is 60.1 Å². The zero-order valence-electron chi connectivity index (χ0n) is 15.7. The number of methoxy groups -OCH3 is 1. The average molecular weight is 447 g/mol. The highest BCUT2D eigenvalue weighted by Crippen LogP contribution is 2.35. The fourth-order valence-corrected chi connectivity index (χ4v) is 3.25. The maximum Gasteiger partial charge on any atom is 0.347 e. The Labute approximate surface area is 170 Å². The first-order chi connectivity index (χ1) is 13.5. The molecule has 146 valence electrons. The fourth-order valence-electron chi connectivity index (χ4n) is 2.71. The smallest absolute Gasteiger partial charge is 0.347 e. The summed E-state index contributed by atoms with van der Waals surface area (Å²) < 4.78 is 22.6. The van der Waals surface area contributed by atoms with Crippen molar-refractivity contribution in [3.63, 3.8) is 0 Å². The molecule has 0 saturated carbocycles. The van der Waals surface area contributed by atoms with E-state index in [1.165, 1.54) is 6.92 Å². The number of fused-ring (bicyclic) bond motifs is 1. The quantitative estimate of drug-likeness (QED) is 0.516. The van der Waals surface area contributed by atoms with Crippen molar-refractivity contribution in [3.05, 3.63) is 57.2 Å². The van der Waals surface area contributed by atoms with E-state index in [4.69, 9.17) is 18.6 Å². The van der Waals surface area contributed by atoms with E-state index in [2.05, 4.69) is 15.9 Å². The van der Waals surface area contributed by atoms with Gasteiger partial charge in [-0.3, -0.25) is 4.79 Å². The predicted octanol–water partition coefficient (Wildman–Crippen LogP) is 4.56. The number of ether oxygens (including phenoxy) is 3. The zero-order valence-corrected chi connectivity index (χ0v) is 17.2. The van der Waals surface area contributed by atoms with Gasteiger partial charge in [0.2, 0.25) is 11.2 Å². The van der Waals surface area contributed by atoms with Crippen LogP contribution >= 0.6 is 15.9 Å².